The van der Waals surface area contributed by atoms with Crippen molar-refractivity contribution in [1.29, 1.82) is 0 Å². The molecule has 0 amide bonds. The summed E-state index contributed by atoms with van der Waals surface area (Å²) in [6, 6.07) is 7.34. The number of hydrogen-bond acceptors (Lipinski definition) is 6. The Bertz CT molecular complexity index is 792. The van der Waals surface area contributed by atoms with Crippen molar-refractivity contribution in [2.24, 2.45) is 0 Å². The number of nitro groups is 1. The van der Waals surface area contributed by atoms with Gasteiger partial charge >= 0.3 is 5.97 Å². The number of benzene rings is 1. The third-order valence-electron chi connectivity index (χ3n) is 2.89. The van der Waals surface area contributed by atoms with Gasteiger partial charge in [-0.1, -0.05) is 0 Å². The van der Waals surface area contributed by atoms with E-state index in [9.17, 15) is 14.9 Å². The van der Waals surface area contributed by atoms with Crippen LogP contribution in [0.5, 0.6) is 11.5 Å². The molecule has 7 heteroatoms. The first-order valence-corrected chi connectivity index (χ1v) is 7.52. The highest BCUT2D eigenvalue weighted by Crippen LogP contribution is 2.27. The van der Waals surface area contributed by atoms with Gasteiger partial charge in [0.15, 0.2) is 0 Å². The fourth-order valence-corrected chi connectivity index (χ4v) is 1.87. The molecule has 0 bridgehead atoms. The summed E-state index contributed by atoms with van der Waals surface area (Å²) in [7, 11) is 0. The fraction of sp³-hybridized carbons (Fsp3) is 0.222. The Balaban J connectivity index is 2.15. The zero-order chi connectivity index (χ0) is 18.4. The SMILES string of the molecule is CC(C)(C)OC(=O)C=Cc1cnccc1Oc1ccc([N+](=O)[O-])cc1. The van der Waals surface area contributed by atoms with Crippen molar-refractivity contribution in [2.75, 3.05) is 0 Å². The summed E-state index contributed by atoms with van der Waals surface area (Å²) in [5, 5.41) is 10.7. The summed E-state index contributed by atoms with van der Waals surface area (Å²) in [5.74, 6) is 0.421. The molecule has 0 aliphatic heterocycles. The molecule has 0 atom stereocenters. The van der Waals surface area contributed by atoms with E-state index in [1.165, 1.54) is 30.3 Å². The maximum atomic E-state index is 11.8. The molecule has 1 aromatic carbocycles. The smallest absolute Gasteiger partial charge is 0.331 e. The van der Waals surface area contributed by atoms with Gasteiger partial charge in [-0.3, -0.25) is 15.1 Å². The van der Waals surface area contributed by atoms with E-state index in [0.29, 0.717) is 17.1 Å². The van der Waals surface area contributed by atoms with E-state index in [1.54, 1.807) is 45.3 Å². The van der Waals surface area contributed by atoms with E-state index in [4.69, 9.17) is 9.47 Å². The predicted molar refractivity (Wildman–Crippen MR) is 92.3 cm³/mol. The van der Waals surface area contributed by atoms with Crippen molar-refractivity contribution in [3.05, 3.63) is 64.5 Å². The number of pyridine rings is 1. The zero-order valence-corrected chi connectivity index (χ0v) is 14.1. The van der Waals surface area contributed by atoms with E-state index >= 15 is 0 Å². The lowest BCUT2D eigenvalue weighted by Gasteiger charge is -2.17. The van der Waals surface area contributed by atoms with Crippen LogP contribution in [0.1, 0.15) is 26.3 Å². The van der Waals surface area contributed by atoms with Crippen LogP contribution in [-0.4, -0.2) is 21.5 Å². The van der Waals surface area contributed by atoms with Gasteiger partial charge in [-0.05, 0) is 45.0 Å². The molecule has 0 spiro atoms. The molecular formula is C18H18N2O5. The van der Waals surface area contributed by atoms with Gasteiger partial charge in [0, 0.05) is 36.2 Å². The van der Waals surface area contributed by atoms with Gasteiger partial charge in [0.25, 0.3) is 5.69 Å². The number of aromatic nitrogens is 1. The maximum Gasteiger partial charge on any atom is 0.331 e. The highest BCUT2D eigenvalue weighted by atomic mass is 16.6. The molecule has 0 aliphatic carbocycles. The number of ether oxygens (including phenoxy) is 2. The zero-order valence-electron chi connectivity index (χ0n) is 14.1. The molecule has 2 rings (SSSR count). The first-order chi connectivity index (χ1) is 11.7. The van der Waals surface area contributed by atoms with Gasteiger partial charge in [0.1, 0.15) is 17.1 Å². The Hall–Kier alpha value is -3.22. The topological polar surface area (TPSA) is 91.6 Å². The Kier molecular flexibility index (Phi) is 5.49. The van der Waals surface area contributed by atoms with Crippen LogP contribution in [0.3, 0.4) is 0 Å². The predicted octanol–water partition coefficient (Wildman–Crippen LogP) is 4.14. The molecule has 0 unspecified atom stereocenters. The van der Waals surface area contributed by atoms with Gasteiger partial charge in [-0.2, -0.15) is 0 Å². The highest BCUT2D eigenvalue weighted by molar-refractivity contribution is 5.87. The number of non-ortho nitro benzene ring substituents is 1. The largest absolute Gasteiger partial charge is 0.457 e. The molecule has 25 heavy (non-hydrogen) atoms. The number of carbonyl (C=O) groups is 1. The van der Waals surface area contributed by atoms with Crippen molar-refractivity contribution < 1.29 is 19.2 Å². The van der Waals surface area contributed by atoms with Gasteiger partial charge in [-0.25, -0.2) is 4.79 Å². The molecular weight excluding hydrogens is 324 g/mol. The summed E-state index contributed by atoms with van der Waals surface area (Å²) in [4.78, 5) is 26.0. The minimum Gasteiger partial charge on any atom is -0.457 e. The minimum atomic E-state index is -0.575. The number of hydrogen-bond donors (Lipinski definition) is 0. The van der Waals surface area contributed by atoms with Crippen LogP contribution in [0.2, 0.25) is 0 Å². The van der Waals surface area contributed by atoms with Crippen LogP contribution in [0.4, 0.5) is 5.69 Å². The molecule has 0 aliphatic rings. The highest BCUT2D eigenvalue weighted by Gasteiger charge is 2.14. The van der Waals surface area contributed by atoms with Crippen LogP contribution < -0.4 is 4.74 Å². The Morgan fingerprint density at radius 2 is 1.88 bits per heavy atom. The second-order valence-electron chi connectivity index (χ2n) is 6.13. The average Bonchev–Trinajstić information content (AvgIpc) is 2.53. The first-order valence-electron chi connectivity index (χ1n) is 7.52. The van der Waals surface area contributed by atoms with Crippen LogP contribution in [-0.2, 0) is 9.53 Å². The third kappa shape index (κ3) is 5.72. The van der Waals surface area contributed by atoms with E-state index in [-0.39, 0.29) is 5.69 Å². The van der Waals surface area contributed by atoms with Crippen LogP contribution in [0.25, 0.3) is 6.08 Å². The van der Waals surface area contributed by atoms with Crippen molar-refractivity contribution in [1.82, 2.24) is 4.98 Å². The molecule has 2 aromatic rings. The second-order valence-corrected chi connectivity index (χ2v) is 6.13. The standard InChI is InChI=1S/C18H18N2O5/c1-18(2,3)25-17(21)9-4-13-12-19-11-10-16(13)24-15-7-5-14(6-8-15)20(22)23/h4-12H,1-3H3. The van der Waals surface area contributed by atoms with Crippen LogP contribution >= 0.6 is 0 Å². The lowest BCUT2D eigenvalue weighted by atomic mass is 10.2. The normalized spacial score (nSPS) is 11.3. The molecule has 1 heterocycles. The summed E-state index contributed by atoms with van der Waals surface area (Å²) in [6.07, 6.45) is 5.93. The van der Waals surface area contributed by atoms with Crippen molar-refractivity contribution in [2.45, 2.75) is 26.4 Å². The van der Waals surface area contributed by atoms with E-state index in [2.05, 4.69) is 4.98 Å². The quantitative estimate of drug-likeness (QED) is 0.351. The maximum absolute atomic E-state index is 11.8. The molecule has 7 nitrogen and oxygen atoms in total. The van der Waals surface area contributed by atoms with Gasteiger partial charge in [0.2, 0.25) is 0 Å². The fourth-order valence-electron chi connectivity index (χ4n) is 1.87. The molecule has 1 aromatic heterocycles. The lowest BCUT2D eigenvalue weighted by Crippen LogP contribution is -2.22. The molecule has 0 N–H and O–H groups in total. The number of carbonyl (C=O) groups excluding carboxylic acids is 1. The van der Waals surface area contributed by atoms with Crippen molar-refractivity contribution in [3.8, 4) is 11.5 Å². The van der Waals surface area contributed by atoms with Crippen LogP contribution in [0.15, 0.2) is 48.8 Å². The van der Waals surface area contributed by atoms with E-state index < -0.39 is 16.5 Å². The Labute approximate surface area is 145 Å². The summed E-state index contributed by atoms with van der Waals surface area (Å²) in [6.45, 7) is 5.35. The van der Waals surface area contributed by atoms with Gasteiger partial charge < -0.3 is 9.47 Å². The Morgan fingerprint density at radius 3 is 2.48 bits per heavy atom. The van der Waals surface area contributed by atoms with E-state index in [0.717, 1.165) is 0 Å². The summed E-state index contributed by atoms with van der Waals surface area (Å²) in [5.41, 5.74) is -0.0205. The van der Waals surface area contributed by atoms with Gasteiger partial charge in [0.05, 0.1) is 4.92 Å². The number of nitrogens with zero attached hydrogens (tertiary/aromatic N) is 2. The van der Waals surface area contributed by atoms with Gasteiger partial charge in [-0.15, -0.1) is 0 Å². The second kappa shape index (κ2) is 7.57. The van der Waals surface area contributed by atoms with E-state index in [1.807, 2.05) is 0 Å². The number of rotatable bonds is 5. The molecule has 0 fully saturated rings. The molecule has 130 valence electrons. The molecule has 0 radical (unpaired) electrons. The lowest BCUT2D eigenvalue weighted by molar-refractivity contribution is -0.384. The third-order valence-corrected chi connectivity index (χ3v) is 2.89. The summed E-state index contributed by atoms with van der Waals surface area (Å²) >= 11 is 0. The average molecular weight is 342 g/mol. The summed E-state index contributed by atoms with van der Waals surface area (Å²) < 4.78 is 10.9. The molecule has 0 saturated carbocycles. The molecule has 0 saturated heterocycles. The Morgan fingerprint density at radius 1 is 1.20 bits per heavy atom. The van der Waals surface area contributed by atoms with Crippen molar-refractivity contribution >= 4 is 17.7 Å². The number of nitro benzene ring substituents is 1. The number of esters is 1. The van der Waals surface area contributed by atoms with Crippen LogP contribution in [0, 0.1) is 10.1 Å². The monoisotopic (exact) mass is 342 g/mol. The minimum absolute atomic E-state index is 0.0212. The first kappa shape index (κ1) is 18.1. The van der Waals surface area contributed by atoms with Crippen molar-refractivity contribution in [3.63, 3.8) is 0 Å².